The summed E-state index contributed by atoms with van der Waals surface area (Å²) in [7, 11) is 1.65. The van der Waals surface area contributed by atoms with Crippen LogP contribution in [0.15, 0.2) is 29.3 Å². The molecular formula is C20H36IN3O3. The zero-order chi connectivity index (χ0) is 19.0. The molecule has 0 aliphatic rings. The lowest BCUT2D eigenvalue weighted by atomic mass is 10.0. The van der Waals surface area contributed by atoms with Crippen LogP contribution in [-0.2, 0) is 0 Å². The third kappa shape index (κ3) is 12.0. The molecular weight excluding hydrogens is 457 g/mol. The molecule has 0 bridgehead atoms. The molecule has 7 heteroatoms. The number of guanidine groups is 1. The van der Waals surface area contributed by atoms with Gasteiger partial charge in [0, 0.05) is 26.2 Å². The number of aliphatic imine (C=N–C) groups is 1. The number of halogens is 1. The van der Waals surface area contributed by atoms with E-state index in [1.165, 1.54) is 0 Å². The molecule has 0 heterocycles. The molecule has 156 valence electrons. The molecule has 0 fully saturated rings. The van der Waals surface area contributed by atoms with Gasteiger partial charge >= 0.3 is 0 Å². The lowest BCUT2D eigenvalue weighted by molar-refractivity contribution is 0.253. The summed E-state index contributed by atoms with van der Waals surface area (Å²) >= 11 is 0. The Labute approximate surface area is 181 Å². The van der Waals surface area contributed by atoms with Crippen LogP contribution in [0.2, 0.25) is 0 Å². The van der Waals surface area contributed by atoms with E-state index in [2.05, 4.69) is 29.5 Å². The molecule has 3 N–H and O–H groups in total. The fourth-order valence-electron chi connectivity index (χ4n) is 2.62. The molecule has 0 radical (unpaired) electrons. The van der Waals surface area contributed by atoms with Crippen molar-refractivity contribution < 1.29 is 14.6 Å². The molecule has 1 aromatic rings. The lowest BCUT2D eigenvalue weighted by Gasteiger charge is -2.15. The second-order valence-electron chi connectivity index (χ2n) is 6.19. The maximum absolute atomic E-state index is 9.16. The zero-order valence-electron chi connectivity index (χ0n) is 16.9. The average Bonchev–Trinajstić information content (AvgIpc) is 2.66. The second kappa shape index (κ2) is 16.9. The Morgan fingerprint density at radius 1 is 1.11 bits per heavy atom. The van der Waals surface area contributed by atoms with Crippen molar-refractivity contribution >= 4 is 29.9 Å². The van der Waals surface area contributed by atoms with Gasteiger partial charge in [0.05, 0.1) is 13.7 Å². The predicted octanol–water partition coefficient (Wildman–Crippen LogP) is 3.44. The third-order valence-electron chi connectivity index (χ3n) is 4.03. The maximum Gasteiger partial charge on any atom is 0.191 e. The molecule has 0 spiro atoms. The van der Waals surface area contributed by atoms with Crippen molar-refractivity contribution in [2.75, 3.05) is 40.0 Å². The molecule has 1 unspecified atom stereocenters. The minimum absolute atomic E-state index is 0. The van der Waals surface area contributed by atoms with Crippen LogP contribution in [0.25, 0.3) is 0 Å². The minimum Gasteiger partial charge on any atom is -0.497 e. The summed E-state index contributed by atoms with van der Waals surface area (Å²) in [5.74, 6) is 2.95. The molecule has 0 saturated heterocycles. The van der Waals surface area contributed by atoms with E-state index in [9.17, 15) is 0 Å². The van der Waals surface area contributed by atoms with E-state index >= 15 is 0 Å². The van der Waals surface area contributed by atoms with Crippen LogP contribution in [0.1, 0.15) is 39.5 Å². The lowest BCUT2D eigenvalue weighted by Crippen LogP contribution is -2.38. The topological polar surface area (TPSA) is 75.1 Å². The largest absolute Gasteiger partial charge is 0.497 e. The number of rotatable bonds is 13. The van der Waals surface area contributed by atoms with Crippen molar-refractivity contribution in [2.24, 2.45) is 10.9 Å². The quantitative estimate of drug-likeness (QED) is 0.170. The highest BCUT2D eigenvalue weighted by Gasteiger charge is 2.07. The van der Waals surface area contributed by atoms with Gasteiger partial charge < -0.3 is 25.2 Å². The van der Waals surface area contributed by atoms with Gasteiger partial charge in [-0.05, 0) is 56.4 Å². The standard InChI is InChI=1S/C20H35N3O3.HI/c1-4-7-17(12-14-24)16-23-20(21-5-2)22-13-6-15-26-19-10-8-18(25-3)9-11-19;/h8-11,17,24H,4-7,12-16H2,1-3H3,(H2,21,22,23);1H. The smallest absolute Gasteiger partial charge is 0.191 e. The van der Waals surface area contributed by atoms with Gasteiger partial charge in [-0.2, -0.15) is 0 Å². The summed E-state index contributed by atoms with van der Waals surface area (Å²) in [6.45, 7) is 7.45. The highest BCUT2D eigenvalue weighted by atomic mass is 127. The van der Waals surface area contributed by atoms with Crippen LogP contribution >= 0.6 is 24.0 Å². The summed E-state index contributed by atoms with van der Waals surface area (Å²) in [6.07, 6.45) is 3.91. The molecule has 27 heavy (non-hydrogen) atoms. The van der Waals surface area contributed by atoms with Crippen LogP contribution in [0.5, 0.6) is 11.5 Å². The van der Waals surface area contributed by atoms with Gasteiger partial charge in [0.1, 0.15) is 11.5 Å². The van der Waals surface area contributed by atoms with E-state index in [-0.39, 0.29) is 30.6 Å². The van der Waals surface area contributed by atoms with Crippen molar-refractivity contribution in [2.45, 2.75) is 39.5 Å². The van der Waals surface area contributed by atoms with Crippen molar-refractivity contribution in [3.8, 4) is 11.5 Å². The van der Waals surface area contributed by atoms with Gasteiger partial charge in [-0.3, -0.25) is 4.99 Å². The van der Waals surface area contributed by atoms with Crippen molar-refractivity contribution in [3.63, 3.8) is 0 Å². The van der Waals surface area contributed by atoms with Gasteiger partial charge in [0.25, 0.3) is 0 Å². The van der Waals surface area contributed by atoms with Gasteiger partial charge in [-0.1, -0.05) is 13.3 Å². The van der Waals surface area contributed by atoms with Crippen LogP contribution in [0.4, 0.5) is 0 Å². The summed E-state index contributed by atoms with van der Waals surface area (Å²) in [6, 6.07) is 7.60. The first-order valence-corrected chi connectivity index (χ1v) is 9.63. The third-order valence-corrected chi connectivity index (χ3v) is 4.03. The fourth-order valence-corrected chi connectivity index (χ4v) is 2.62. The predicted molar refractivity (Wildman–Crippen MR) is 123 cm³/mol. The average molecular weight is 493 g/mol. The highest BCUT2D eigenvalue weighted by Crippen LogP contribution is 2.17. The van der Waals surface area contributed by atoms with Crippen molar-refractivity contribution in [1.82, 2.24) is 10.6 Å². The minimum atomic E-state index is 0. The number of hydrogen-bond acceptors (Lipinski definition) is 4. The number of methoxy groups -OCH3 is 1. The summed E-state index contributed by atoms with van der Waals surface area (Å²) in [5.41, 5.74) is 0. The van der Waals surface area contributed by atoms with E-state index in [0.717, 1.165) is 62.8 Å². The van der Waals surface area contributed by atoms with Gasteiger partial charge in [0.15, 0.2) is 5.96 Å². The Hall–Kier alpha value is -1.22. The monoisotopic (exact) mass is 493 g/mol. The summed E-state index contributed by atoms with van der Waals surface area (Å²) < 4.78 is 10.9. The number of ether oxygens (including phenoxy) is 2. The molecule has 1 rings (SSSR count). The molecule has 0 amide bonds. The fraction of sp³-hybridized carbons (Fsp3) is 0.650. The zero-order valence-corrected chi connectivity index (χ0v) is 19.2. The first-order chi connectivity index (χ1) is 12.7. The van der Waals surface area contributed by atoms with Crippen molar-refractivity contribution in [1.29, 1.82) is 0 Å². The molecule has 1 aromatic carbocycles. The van der Waals surface area contributed by atoms with E-state index < -0.39 is 0 Å². The number of benzene rings is 1. The van der Waals surface area contributed by atoms with Crippen LogP contribution in [-0.4, -0.2) is 51.0 Å². The van der Waals surface area contributed by atoms with Gasteiger partial charge in [-0.15, -0.1) is 24.0 Å². The normalized spacial score (nSPS) is 12.1. The number of nitrogens with zero attached hydrogens (tertiary/aromatic N) is 1. The molecule has 0 aliphatic carbocycles. The molecule has 0 aliphatic heterocycles. The summed E-state index contributed by atoms with van der Waals surface area (Å²) in [5, 5.41) is 15.8. The first-order valence-electron chi connectivity index (χ1n) is 9.63. The van der Waals surface area contributed by atoms with Crippen LogP contribution < -0.4 is 20.1 Å². The van der Waals surface area contributed by atoms with Crippen LogP contribution in [0.3, 0.4) is 0 Å². The Morgan fingerprint density at radius 2 is 1.81 bits per heavy atom. The maximum atomic E-state index is 9.16. The number of nitrogens with one attached hydrogen (secondary N) is 2. The Kier molecular flexibility index (Phi) is 16.2. The number of hydrogen-bond donors (Lipinski definition) is 3. The Bertz CT molecular complexity index is 492. The SMILES string of the molecule is CCCC(CCO)CN=C(NCC)NCCCOc1ccc(OC)cc1.I. The molecule has 6 nitrogen and oxygen atoms in total. The number of aliphatic hydroxyl groups excluding tert-OH is 1. The molecule has 0 saturated carbocycles. The number of aliphatic hydroxyl groups is 1. The van der Waals surface area contributed by atoms with Crippen LogP contribution in [0, 0.1) is 5.92 Å². The van der Waals surface area contributed by atoms with E-state index in [4.69, 9.17) is 14.6 Å². The van der Waals surface area contributed by atoms with Gasteiger partial charge in [0.2, 0.25) is 0 Å². The Balaban J connectivity index is 0.00000676. The highest BCUT2D eigenvalue weighted by molar-refractivity contribution is 14.0. The Morgan fingerprint density at radius 3 is 2.41 bits per heavy atom. The summed E-state index contributed by atoms with van der Waals surface area (Å²) in [4.78, 5) is 4.65. The van der Waals surface area contributed by atoms with E-state index in [1.54, 1.807) is 7.11 Å². The first kappa shape index (κ1) is 25.8. The van der Waals surface area contributed by atoms with E-state index in [0.29, 0.717) is 12.5 Å². The molecule has 1 atom stereocenters. The molecule has 0 aromatic heterocycles. The second-order valence-corrected chi connectivity index (χ2v) is 6.19. The van der Waals surface area contributed by atoms with E-state index in [1.807, 2.05) is 24.3 Å². The van der Waals surface area contributed by atoms with Crippen molar-refractivity contribution in [3.05, 3.63) is 24.3 Å². The van der Waals surface area contributed by atoms with Gasteiger partial charge in [-0.25, -0.2) is 0 Å².